The molecule has 0 aliphatic rings. The Morgan fingerprint density at radius 3 is 2.62 bits per heavy atom. The number of hydrogen-bond acceptors (Lipinski definition) is 4. The van der Waals surface area contributed by atoms with E-state index in [0.29, 0.717) is 11.3 Å². The van der Waals surface area contributed by atoms with Crippen molar-refractivity contribution < 1.29 is 9.53 Å². The zero-order valence-electron chi connectivity index (χ0n) is 17.1. The fourth-order valence-electron chi connectivity index (χ4n) is 3.28. The Kier molecular flexibility index (Phi) is 5.99. The smallest absolute Gasteiger partial charge is 0.185 e. The molecule has 0 saturated carbocycles. The number of hydrogen-bond donors (Lipinski definition) is 0. The van der Waals surface area contributed by atoms with Crippen molar-refractivity contribution in [2.24, 2.45) is 0 Å². The van der Waals surface area contributed by atoms with Gasteiger partial charge in [-0.25, -0.2) is 4.68 Å². The van der Waals surface area contributed by atoms with Gasteiger partial charge in [-0.2, -0.15) is 10.4 Å². The highest BCUT2D eigenvalue weighted by Crippen LogP contribution is 2.23. The van der Waals surface area contributed by atoms with Crippen molar-refractivity contribution in [3.63, 3.8) is 0 Å². The third-order valence-corrected chi connectivity index (χ3v) is 4.69. The summed E-state index contributed by atoms with van der Waals surface area (Å²) in [5.74, 6) is 1.49. The number of nitrogens with zero attached hydrogens (tertiary/aromatic N) is 4. The van der Waals surface area contributed by atoms with Crippen LogP contribution in [0.25, 0.3) is 11.9 Å². The number of carbonyl (C=O) groups excluding carboxylic acids is 1. The molecule has 0 spiro atoms. The molecule has 1 aromatic carbocycles. The largest absolute Gasteiger partial charge is 0.479 e. The van der Waals surface area contributed by atoms with Crippen molar-refractivity contribution in [1.82, 2.24) is 14.3 Å². The van der Waals surface area contributed by atoms with E-state index in [1.807, 2.05) is 36.7 Å². The number of aryl methyl sites for hydroxylation is 1. The van der Waals surface area contributed by atoms with E-state index in [1.54, 1.807) is 36.5 Å². The Morgan fingerprint density at radius 1 is 1.24 bits per heavy atom. The molecule has 0 atom stereocenters. The van der Waals surface area contributed by atoms with Gasteiger partial charge in [-0.3, -0.25) is 4.79 Å². The molecule has 0 bridgehead atoms. The second kappa shape index (κ2) is 8.61. The van der Waals surface area contributed by atoms with E-state index in [2.05, 4.69) is 29.6 Å². The van der Waals surface area contributed by atoms with Gasteiger partial charge in [0.15, 0.2) is 12.4 Å². The first kappa shape index (κ1) is 20.2. The highest BCUT2D eigenvalue weighted by atomic mass is 16.5. The Labute approximate surface area is 170 Å². The average molecular weight is 388 g/mol. The van der Waals surface area contributed by atoms with E-state index >= 15 is 0 Å². The minimum atomic E-state index is -0.0890. The third kappa shape index (κ3) is 4.30. The number of ketones is 1. The summed E-state index contributed by atoms with van der Waals surface area (Å²) >= 11 is 0. The second-order valence-corrected chi connectivity index (χ2v) is 7.06. The molecule has 0 saturated heterocycles. The molecule has 148 valence electrons. The van der Waals surface area contributed by atoms with Crippen LogP contribution < -0.4 is 4.74 Å². The lowest BCUT2D eigenvalue weighted by molar-refractivity contribution is 0.104. The topological polar surface area (TPSA) is 72.8 Å². The summed E-state index contributed by atoms with van der Waals surface area (Å²) in [6.07, 6.45) is 5.23. The Balaban J connectivity index is 1.82. The van der Waals surface area contributed by atoms with Crippen LogP contribution in [0.3, 0.4) is 0 Å². The summed E-state index contributed by atoms with van der Waals surface area (Å²) in [7, 11) is 0. The van der Waals surface area contributed by atoms with Gasteiger partial charge in [0.25, 0.3) is 0 Å². The number of carbonyl (C=O) groups is 1. The minimum Gasteiger partial charge on any atom is -0.479 e. The predicted molar refractivity (Wildman–Crippen MR) is 112 cm³/mol. The molecule has 0 radical (unpaired) electrons. The van der Waals surface area contributed by atoms with Gasteiger partial charge in [0.05, 0.1) is 6.20 Å². The lowest BCUT2D eigenvalue weighted by Gasteiger charge is -2.15. The lowest BCUT2D eigenvalue weighted by atomic mass is 10.1. The lowest BCUT2D eigenvalue weighted by Crippen LogP contribution is -2.11. The maximum Gasteiger partial charge on any atom is 0.185 e. The quantitative estimate of drug-likeness (QED) is 0.435. The second-order valence-electron chi connectivity index (χ2n) is 7.06. The molecule has 29 heavy (non-hydrogen) atoms. The van der Waals surface area contributed by atoms with Crippen LogP contribution in [0.5, 0.6) is 5.75 Å². The molecular weight excluding hydrogens is 364 g/mol. The van der Waals surface area contributed by atoms with Gasteiger partial charge in [-0.05, 0) is 75.7 Å². The summed E-state index contributed by atoms with van der Waals surface area (Å²) in [6.45, 7) is 8.26. The van der Waals surface area contributed by atoms with Gasteiger partial charge < -0.3 is 9.30 Å². The number of nitriles is 1. The maximum absolute atomic E-state index is 12.5. The highest BCUT2D eigenvalue weighted by molar-refractivity contribution is 6.06. The molecule has 6 heteroatoms. The fourth-order valence-corrected chi connectivity index (χ4v) is 3.28. The van der Waals surface area contributed by atoms with Crippen LogP contribution in [0.1, 0.15) is 47.2 Å². The summed E-state index contributed by atoms with van der Waals surface area (Å²) in [6, 6.07) is 13.0. The molecule has 3 rings (SSSR count). The van der Waals surface area contributed by atoms with Gasteiger partial charge in [-0.15, -0.1) is 0 Å². The van der Waals surface area contributed by atoms with Gasteiger partial charge in [-0.1, -0.05) is 0 Å². The number of ether oxygens (including phenoxy) is 1. The first-order chi connectivity index (χ1) is 13.9. The molecule has 0 amide bonds. The van der Waals surface area contributed by atoms with Crippen LogP contribution in [0.4, 0.5) is 0 Å². The van der Waals surface area contributed by atoms with Crippen molar-refractivity contribution in [2.75, 3.05) is 6.61 Å². The zero-order chi connectivity index (χ0) is 21.0. The van der Waals surface area contributed by atoms with E-state index in [1.165, 1.54) is 0 Å². The highest BCUT2D eigenvalue weighted by Gasteiger charge is 2.14. The van der Waals surface area contributed by atoms with Crippen LogP contribution in [0, 0.1) is 25.2 Å². The summed E-state index contributed by atoms with van der Waals surface area (Å²) in [5, 5.41) is 13.0. The van der Waals surface area contributed by atoms with Crippen molar-refractivity contribution in [3.05, 3.63) is 71.2 Å². The van der Waals surface area contributed by atoms with Crippen molar-refractivity contribution in [3.8, 4) is 17.6 Å². The van der Waals surface area contributed by atoms with Gasteiger partial charge in [0.2, 0.25) is 0 Å². The monoisotopic (exact) mass is 388 g/mol. The van der Waals surface area contributed by atoms with Crippen LogP contribution >= 0.6 is 0 Å². The fraction of sp³-hybridized carbons (Fsp3) is 0.261. The summed E-state index contributed by atoms with van der Waals surface area (Å²) in [4.78, 5) is 12.5. The van der Waals surface area contributed by atoms with Crippen LogP contribution in [-0.2, 0) is 0 Å². The van der Waals surface area contributed by atoms with E-state index in [4.69, 9.17) is 10.00 Å². The van der Waals surface area contributed by atoms with Crippen LogP contribution in [-0.4, -0.2) is 26.7 Å². The first-order valence-corrected chi connectivity index (χ1v) is 9.47. The summed E-state index contributed by atoms with van der Waals surface area (Å²) in [5.41, 5.74) is 3.68. The molecule has 2 heterocycles. The molecular formula is C23H24N4O2. The van der Waals surface area contributed by atoms with Crippen LogP contribution in [0.15, 0.2) is 48.7 Å². The predicted octanol–water partition coefficient (Wildman–Crippen LogP) is 4.67. The molecule has 0 fully saturated rings. The van der Waals surface area contributed by atoms with Gasteiger partial charge in [0, 0.05) is 29.1 Å². The molecule has 0 aliphatic heterocycles. The number of aromatic nitrogens is 3. The molecule has 0 N–H and O–H groups in total. The third-order valence-electron chi connectivity index (χ3n) is 4.69. The van der Waals surface area contributed by atoms with E-state index in [-0.39, 0.29) is 18.4 Å². The average Bonchev–Trinajstić information content (AvgIpc) is 3.29. The van der Waals surface area contributed by atoms with E-state index in [0.717, 1.165) is 22.8 Å². The standard InChI is InChI=1S/C23H24N4O2/c1-16(2)27-23(11-13-25-27)26-17(3)15-20(18(26)4)7-10-22(28)19-5-8-21(9-6-19)29-14-12-24/h5-11,13,15-16H,14H2,1-4H3/b10-7+. The Bertz CT molecular complexity index is 1080. The van der Waals surface area contributed by atoms with E-state index in [9.17, 15) is 4.79 Å². The SMILES string of the molecule is Cc1cc(/C=C/C(=O)c2ccc(OCC#N)cc2)c(C)n1-c1ccnn1C(C)C. The number of rotatable bonds is 7. The normalized spacial score (nSPS) is 11.2. The van der Waals surface area contributed by atoms with Gasteiger partial charge >= 0.3 is 0 Å². The summed E-state index contributed by atoms with van der Waals surface area (Å²) < 4.78 is 9.34. The van der Waals surface area contributed by atoms with Crippen LogP contribution in [0.2, 0.25) is 0 Å². The van der Waals surface area contributed by atoms with Crippen molar-refractivity contribution in [1.29, 1.82) is 5.26 Å². The minimum absolute atomic E-state index is 0.0154. The number of benzene rings is 1. The zero-order valence-corrected chi connectivity index (χ0v) is 17.1. The van der Waals surface area contributed by atoms with Gasteiger partial charge in [0.1, 0.15) is 17.6 Å². The molecule has 0 aliphatic carbocycles. The molecule has 0 unspecified atom stereocenters. The van der Waals surface area contributed by atoms with Crippen molar-refractivity contribution in [2.45, 2.75) is 33.7 Å². The molecule has 6 nitrogen and oxygen atoms in total. The van der Waals surface area contributed by atoms with Crippen molar-refractivity contribution >= 4 is 11.9 Å². The number of allylic oxidation sites excluding steroid dienone is 1. The Morgan fingerprint density at radius 2 is 1.97 bits per heavy atom. The Hall–Kier alpha value is -3.59. The molecule has 2 aromatic heterocycles. The van der Waals surface area contributed by atoms with E-state index < -0.39 is 0 Å². The maximum atomic E-state index is 12.5. The molecule has 3 aromatic rings. The first-order valence-electron chi connectivity index (χ1n) is 9.47.